The van der Waals surface area contributed by atoms with Crippen LogP contribution >= 0.6 is 12.4 Å². The van der Waals surface area contributed by atoms with Crippen molar-refractivity contribution in [3.8, 4) is 17.1 Å². The van der Waals surface area contributed by atoms with Crippen molar-refractivity contribution in [3.05, 3.63) is 41.2 Å². The lowest BCUT2D eigenvalue weighted by Gasteiger charge is -2.18. The molecule has 1 aliphatic heterocycles. The number of ether oxygens (including phenoxy) is 1. The molecule has 0 bridgehead atoms. The van der Waals surface area contributed by atoms with Gasteiger partial charge >= 0.3 is 6.18 Å². The summed E-state index contributed by atoms with van der Waals surface area (Å²) >= 11 is 0. The van der Waals surface area contributed by atoms with E-state index in [9.17, 15) is 17.6 Å². The lowest BCUT2D eigenvalue weighted by Crippen LogP contribution is -2.21. The van der Waals surface area contributed by atoms with Crippen LogP contribution < -0.4 is 10.1 Å². The minimum atomic E-state index is -4.64. The predicted octanol–water partition coefficient (Wildman–Crippen LogP) is 4.41. The van der Waals surface area contributed by atoms with Crippen LogP contribution in [0.4, 0.5) is 17.6 Å². The highest BCUT2D eigenvalue weighted by atomic mass is 35.5. The first-order valence-electron chi connectivity index (χ1n) is 8.90. The molecule has 4 nitrogen and oxygen atoms in total. The number of nitrogens with zero attached hydrogens (tertiary/aromatic N) is 2. The molecule has 4 rings (SSSR count). The van der Waals surface area contributed by atoms with Gasteiger partial charge < -0.3 is 10.1 Å². The maximum atomic E-state index is 13.6. The first-order valence-corrected chi connectivity index (χ1v) is 8.90. The number of benzene rings is 1. The van der Waals surface area contributed by atoms with E-state index in [1.165, 1.54) is 12.1 Å². The van der Waals surface area contributed by atoms with Gasteiger partial charge in [0.25, 0.3) is 0 Å². The molecular weight excluding hydrogens is 398 g/mol. The summed E-state index contributed by atoms with van der Waals surface area (Å²) in [6.45, 7) is 3.43. The lowest BCUT2D eigenvalue weighted by molar-refractivity contribution is -0.139. The van der Waals surface area contributed by atoms with Crippen LogP contribution in [0.5, 0.6) is 5.88 Å². The molecule has 0 spiro atoms. The summed E-state index contributed by atoms with van der Waals surface area (Å²) in [6, 6.07) is 4.79. The SMILES string of the molecule is Cc1ccc(F)cc1-c1cc(C(F)(F)F)c(O[C@@H]2C[C@H]3CNC[C@H]3C2)nn1.Cl. The number of nitrogens with one attached hydrogen (secondary N) is 1. The maximum Gasteiger partial charge on any atom is 0.421 e. The summed E-state index contributed by atoms with van der Waals surface area (Å²) in [6.07, 6.45) is -3.51. The summed E-state index contributed by atoms with van der Waals surface area (Å²) in [7, 11) is 0. The largest absolute Gasteiger partial charge is 0.473 e. The predicted molar refractivity (Wildman–Crippen MR) is 97.9 cm³/mol. The number of aromatic nitrogens is 2. The van der Waals surface area contributed by atoms with Crippen LogP contribution in [0.2, 0.25) is 0 Å². The Labute approximate surface area is 166 Å². The van der Waals surface area contributed by atoms with Crippen molar-refractivity contribution >= 4 is 12.4 Å². The maximum absolute atomic E-state index is 13.6. The van der Waals surface area contributed by atoms with E-state index < -0.39 is 23.4 Å². The molecule has 1 aromatic heterocycles. The van der Waals surface area contributed by atoms with Gasteiger partial charge in [0, 0.05) is 5.56 Å². The van der Waals surface area contributed by atoms with Crippen LogP contribution in [0.1, 0.15) is 24.0 Å². The third-order valence-corrected chi connectivity index (χ3v) is 5.43. The molecule has 0 unspecified atom stereocenters. The Hall–Kier alpha value is -1.93. The molecule has 3 atom stereocenters. The van der Waals surface area contributed by atoms with Crippen LogP contribution in [-0.2, 0) is 6.18 Å². The summed E-state index contributed by atoms with van der Waals surface area (Å²) in [5.41, 5.74) is -0.116. The fraction of sp³-hybridized carbons (Fsp3) is 0.474. The molecule has 9 heteroatoms. The molecule has 1 saturated heterocycles. The molecule has 2 fully saturated rings. The van der Waals surface area contributed by atoms with E-state index in [-0.39, 0.29) is 29.8 Å². The number of hydrogen-bond acceptors (Lipinski definition) is 4. The average Bonchev–Trinajstić information content (AvgIpc) is 3.18. The number of halogens is 5. The lowest BCUT2D eigenvalue weighted by atomic mass is 10.0. The van der Waals surface area contributed by atoms with Gasteiger partial charge in [-0.1, -0.05) is 6.07 Å². The van der Waals surface area contributed by atoms with Crippen molar-refractivity contribution in [1.82, 2.24) is 15.5 Å². The topological polar surface area (TPSA) is 47.0 Å². The molecule has 0 radical (unpaired) electrons. The van der Waals surface area contributed by atoms with E-state index in [0.717, 1.165) is 25.2 Å². The third-order valence-electron chi connectivity index (χ3n) is 5.43. The highest BCUT2D eigenvalue weighted by Gasteiger charge is 2.41. The molecule has 2 heterocycles. The molecule has 1 saturated carbocycles. The van der Waals surface area contributed by atoms with Crippen LogP contribution in [0.25, 0.3) is 11.3 Å². The fourth-order valence-electron chi connectivity index (χ4n) is 4.04. The van der Waals surface area contributed by atoms with Crippen molar-refractivity contribution < 1.29 is 22.3 Å². The van der Waals surface area contributed by atoms with Gasteiger partial charge in [-0.2, -0.15) is 13.2 Å². The average molecular weight is 418 g/mol. The second-order valence-corrected chi connectivity index (χ2v) is 7.30. The first kappa shape index (κ1) is 20.8. The van der Waals surface area contributed by atoms with Gasteiger partial charge in [-0.15, -0.1) is 22.6 Å². The van der Waals surface area contributed by atoms with E-state index in [1.54, 1.807) is 6.92 Å². The van der Waals surface area contributed by atoms with E-state index in [4.69, 9.17) is 4.74 Å². The Morgan fingerprint density at radius 3 is 2.39 bits per heavy atom. The monoisotopic (exact) mass is 417 g/mol. The molecule has 2 aromatic rings. The van der Waals surface area contributed by atoms with Gasteiger partial charge in [0.05, 0.1) is 5.69 Å². The minimum absolute atomic E-state index is 0. The van der Waals surface area contributed by atoms with Crippen LogP contribution in [0, 0.1) is 24.6 Å². The van der Waals surface area contributed by atoms with Crippen molar-refractivity contribution in [1.29, 1.82) is 0 Å². The second kappa shape index (κ2) is 7.83. The third kappa shape index (κ3) is 4.07. The highest BCUT2D eigenvalue weighted by molar-refractivity contribution is 5.85. The number of aryl methyl sites for hydroxylation is 1. The molecule has 2 aliphatic rings. The van der Waals surface area contributed by atoms with Crippen molar-refractivity contribution in [2.75, 3.05) is 13.1 Å². The normalized spacial score (nSPS) is 24.0. The van der Waals surface area contributed by atoms with Crippen LogP contribution in [0.3, 0.4) is 0 Å². The van der Waals surface area contributed by atoms with Gasteiger partial charge in [0.1, 0.15) is 17.5 Å². The number of hydrogen-bond donors (Lipinski definition) is 1. The van der Waals surface area contributed by atoms with Gasteiger partial charge in [0.2, 0.25) is 5.88 Å². The van der Waals surface area contributed by atoms with E-state index in [0.29, 0.717) is 30.2 Å². The van der Waals surface area contributed by atoms with Crippen molar-refractivity contribution in [3.63, 3.8) is 0 Å². The molecule has 28 heavy (non-hydrogen) atoms. The van der Waals surface area contributed by atoms with Gasteiger partial charge in [0.15, 0.2) is 0 Å². The standard InChI is InChI=1S/C19H19F4N3O.ClH/c1-10-2-3-13(20)6-15(10)17-7-16(19(21,22)23)18(26-25-17)27-14-4-11-8-24-9-12(11)5-14;/h2-3,6-7,11-12,14,24H,4-5,8-9H2,1H3;1H/t11-,12+,14+;. The number of alkyl halides is 3. The van der Waals surface area contributed by atoms with Gasteiger partial charge in [-0.05, 0) is 68.5 Å². The quantitative estimate of drug-likeness (QED) is 0.751. The summed E-state index contributed by atoms with van der Waals surface area (Å²) in [4.78, 5) is 0. The summed E-state index contributed by atoms with van der Waals surface area (Å²) in [5, 5.41) is 10.9. The van der Waals surface area contributed by atoms with Crippen LogP contribution in [0.15, 0.2) is 24.3 Å². The molecule has 1 N–H and O–H groups in total. The van der Waals surface area contributed by atoms with Crippen molar-refractivity contribution in [2.24, 2.45) is 11.8 Å². The molecular formula is C19H20ClF4N3O. The minimum Gasteiger partial charge on any atom is -0.473 e. The van der Waals surface area contributed by atoms with E-state index >= 15 is 0 Å². The number of fused-ring (bicyclic) bond motifs is 1. The van der Waals surface area contributed by atoms with Gasteiger partial charge in [-0.3, -0.25) is 0 Å². The number of rotatable bonds is 3. The molecule has 1 aromatic carbocycles. The molecule has 0 amide bonds. The zero-order valence-electron chi connectivity index (χ0n) is 15.1. The molecule has 1 aliphatic carbocycles. The van der Waals surface area contributed by atoms with E-state index in [2.05, 4.69) is 15.5 Å². The zero-order chi connectivity index (χ0) is 19.2. The summed E-state index contributed by atoms with van der Waals surface area (Å²) in [5.74, 6) is -0.173. The summed E-state index contributed by atoms with van der Waals surface area (Å²) < 4.78 is 59.9. The Balaban J connectivity index is 0.00000225. The second-order valence-electron chi connectivity index (χ2n) is 7.30. The first-order chi connectivity index (χ1) is 12.8. The van der Waals surface area contributed by atoms with Gasteiger partial charge in [-0.25, -0.2) is 4.39 Å². The van der Waals surface area contributed by atoms with Crippen molar-refractivity contribution in [2.45, 2.75) is 32.0 Å². The molecule has 152 valence electrons. The fourth-order valence-corrected chi connectivity index (χ4v) is 4.04. The zero-order valence-corrected chi connectivity index (χ0v) is 15.9. The highest BCUT2D eigenvalue weighted by Crippen LogP contribution is 2.41. The van der Waals surface area contributed by atoms with Crippen LogP contribution in [-0.4, -0.2) is 29.4 Å². The Kier molecular flexibility index (Phi) is 5.82. The Morgan fingerprint density at radius 2 is 1.75 bits per heavy atom. The Morgan fingerprint density at radius 1 is 1.07 bits per heavy atom. The Bertz CT molecular complexity index is 850. The smallest absolute Gasteiger partial charge is 0.421 e. The van der Waals surface area contributed by atoms with E-state index in [1.807, 2.05) is 0 Å².